The van der Waals surface area contributed by atoms with Crippen LogP contribution in [0.1, 0.15) is 13.8 Å². The smallest absolute Gasteiger partial charge is 0.231 e. The van der Waals surface area contributed by atoms with E-state index >= 15 is 0 Å². The maximum Gasteiger partial charge on any atom is 0.231 e. The van der Waals surface area contributed by atoms with Crippen molar-refractivity contribution in [1.82, 2.24) is 0 Å². The molecule has 0 aromatic heterocycles. The summed E-state index contributed by atoms with van der Waals surface area (Å²) < 4.78 is 5.06. The molecule has 19 heavy (non-hydrogen) atoms. The topological polar surface area (TPSA) is 62.1 Å². The van der Waals surface area contributed by atoms with Gasteiger partial charge >= 0.3 is 0 Å². The van der Waals surface area contributed by atoms with E-state index in [2.05, 4.69) is 5.32 Å². The fourth-order valence-electron chi connectivity index (χ4n) is 1.44. The zero-order chi connectivity index (χ0) is 14.3. The number of thioether (sulfide) groups is 1. The molecule has 1 N–H and O–H groups in total. The second-order valence-electron chi connectivity index (χ2n) is 3.69. The Morgan fingerprint density at radius 2 is 2.05 bits per heavy atom. The lowest BCUT2D eigenvalue weighted by Crippen LogP contribution is -2.05. The first kappa shape index (κ1) is 15.1. The lowest BCUT2D eigenvalue weighted by molar-refractivity contribution is -0.107. The van der Waals surface area contributed by atoms with Crippen LogP contribution in [0.3, 0.4) is 0 Å². The van der Waals surface area contributed by atoms with E-state index in [1.165, 1.54) is 0 Å². The zero-order valence-electron chi connectivity index (χ0n) is 11.2. The monoisotopic (exact) mass is 276 g/mol. The Balaban J connectivity index is 2.88. The minimum atomic E-state index is -0.205. The Hall–Kier alpha value is -1.93. The van der Waals surface area contributed by atoms with Gasteiger partial charge in [0.25, 0.3) is 0 Å². The Labute approximate surface area is 117 Å². The number of nitriles is 1. The van der Waals surface area contributed by atoms with Crippen molar-refractivity contribution >= 4 is 22.6 Å². The van der Waals surface area contributed by atoms with Crippen molar-refractivity contribution in [3.8, 4) is 11.8 Å². The van der Waals surface area contributed by atoms with Gasteiger partial charge in [-0.3, -0.25) is 4.79 Å². The third-order valence-electron chi connectivity index (χ3n) is 2.39. The molecule has 0 aliphatic rings. The SMILES string of the molecule is CCSC(=O)/C(C#N)=C(/C)Nc1ccc(OC)cc1. The molecule has 0 saturated heterocycles. The van der Waals surface area contributed by atoms with Crippen molar-refractivity contribution in [1.29, 1.82) is 5.26 Å². The molecule has 1 aromatic carbocycles. The van der Waals surface area contributed by atoms with Gasteiger partial charge in [0, 0.05) is 11.4 Å². The second kappa shape index (κ2) is 7.49. The van der Waals surface area contributed by atoms with Crippen LogP contribution in [0.5, 0.6) is 5.75 Å². The first-order valence-corrected chi connectivity index (χ1v) is 6.80. The molecule has 4 nitrogen and oxygen atoms in total. The van der Waals surface area contributed by atoms with Gasteiger partial charge in [-0.15, -0.1) is 0 Å². The van der Waals surface area contributed by atoms with Gasteiger partial charge in [0.15, 0.2) is 0 Å². The number of allylic oxidation sites excluding steroid dienone is 1. The van der Waals surface area contributed by atoms with Crippen LogP contribution in [0.2, 0.25) is 0 Å². The molecule has 1 rings (SSSR count). The highest BCUT2D eigenvalue weighted by atomic mass is 32.2. The zero-order valence-corrected chi connectivity index (χ0v) is 12.0. The minimum Gasteiger partial charge on any atom is -0.497 e. The number of hydrogen-bond acceptors (Lipinski definition) is 5. The molecular weight excluding hydrogens is 260 g/mol. The maximum absolute atomic E-state index is 11.7. The summed E-state index contributed by atoms with van der Waals surface area (Å²) in [5.41, 5.74) is 1.52. The van der Waals surface area contributed by atoms with E-state index in [9.17, 15) is 4.79 Å². The van der Waals surface area contributed by atoms with Crippen molar-refractivity contribution in [2.75, 3.05) is 18.2 Å². The van der Waals surface area contributed by atoms with E-state index in [1.807, 2.05) is 37.3 Å². The number of anilines is 1. The van der Waals surface area contributed by atoms with Gasteiger partial charge in [0.2, 0.25) is 5.12 Å². The molecule has 0 saturated carbocycles. The van der Waals surface area contributed by atoms with Gasteiger partial charge in [0.1, 0.15) is 17.4 Å². The number of rotatable bonds is 5. The molecule has 0 amide bonds. The molecule has 5 heteroatoms. The van der Waals surface area contributed by atoms with Crippen LogP contribution < -0.4 is 10.1 Å². The highest BCUT2D eigenvalue weighted by Crippen LogP contribution is 2.19. The number of benzene rings is 1. The molecule has 0 atom stereocenters. The summed E-state index contributed by atoms with van der Waals surface area (Å²) in [5, 5.41) is 11.9. The molecule has 0 heterocycles. The van der Waals surface area contributed by atoms with Gasteiger partial charge in [-0.05, 0) is 36.9 Å². The van der Waals surface area contributed by atoms with Crippen LogP contribution in [0.25, 0.3) is 0 Å². The van der Waals surface area contributed by atoms with Gasteiger partial charge in [-0.1, -0.05) is 18.7 Å². The number of hydrogen-bond donors (Lipinski definition) is 1. The summed E-state index contributed by atoms with van der Waals surface area (Å²) in [5.74, 6) is 1.41. The van der Waals surface area contributed by atoms with Crippen LogP contribution in [0.15, 0.2) is 35.5 Å². The fourth-order valence-corrected chi connectivity index (χ4v) is 2.04. The van der Waals surface area contributed by atoms with Crippen LogP contribution in [0.4, 0.5) is 5.69 Å². The van der Waals surface area contributed by atoms with Gasteiger partial charge in [0.05, 0.1) is 7.11 Å². The third kappa shape index (κ3) is 4.34. The Morgan fingerprint density at radius 1 is 1.42 bits per heavy atom. The molecule has 0 radical (unpaired) electrons. The van der Waals surface area contributed by atoms with Crippen molar-refractivity contribution < 1.29 is 9.53 Å². The summed E-state index contributed by atoms with van der Waals surface area (Å²) in [6.07, 6.45) is 0. The lowest BCUT2D eigenvalue weighted by Gasteiger charge is -2.09. The minimum absolute atomic E-state index is 0.155. The summed E-state index contributed by atoms with van der Waals surface area (Å²) in [4.78, 5) is 11.7. The molecule has 0 aliphatic heterocycles. The standard InChI is InChI=1S/C14H16N2O2S/c1-4-19-14(17)13(9-15)10(2)16-11-5-7-12(18-3)8-6-11/h5-8,16H,4H2,1-3H3/b13-10-. The number of carbonyl (C=O) groups is 1. The summed E-state index contributed by atoms with van der Waals surface area (Å²) in [6.45, 7) is 3.60. The van der Waals surface area contributed by atoms with Crippen molar-refractivity contribution in [2.45, 2.75) is 13.8 Å². The number of nitrogens with zero attached hydrogens (tertiary/aromatic N) is 1. The number of methoxy groups -OCH3 is 1. The van der Waals surface area contributed by atoms with Crippen LogP contribution in [0, 0.1) is 11.3 Å². The number of nitrogens with one attached hydrogen (secondary N) is 1. The van der Waals surface area contributed by atoms with E-state index < -0.39 is 0 Å². The summed E-state index contributed by atoms with van der Waals surface area (Å²) >= 11 is 1.13. The lowest BCUT2D eigenvalue weighted by atomic mass is 10.2. The van der Waals surface area contributed by atoms with Gasteiger partial charge in [-0.2, -0.15) is 5.26 Å². The quantitative estimate of drug-likeness (QED) is 0.661. The van der Waals surface area contributed by atoms with E-state index in [0.29, 0.717) is 11.4 Å². The molecule has 0 bridgehead atoms. The predicted molar refractivity (Wildman–Crippen MR) is 78.1 cm³/mol. The molecule has 0 fully saturated rings. The molecular formula is C14H16N2O2S. The fraction of sp³-hybridized carbons (Fsp3) is 0.286. The molecule has 100 valence electrons. The highest BCUT2D eigenvalue weighted by molar-refractivity contribution is 8.14. The first-order chi connectivity index (χ1) is 9.12. The average molecular weight is 276 g/mol. The molecule has 0 aliphatic carbocycles. The average Bonchev–Trinajstić information content (AvgIpc) is 2.40. The van der Waals surface area contributed by atoms with E-state index in [0.717, 1.165) is 23.2 Å². The van der Waals surface area contributed by atoms with Crippen molar-refractivity contribution in [2.24, 2.45) is 0 Å². The van der Waals surface area contributed by atoms with Crippen LogP contribution in [-0.2, 0) is 4.79 Å². The predicted octanol–water partition coefficient (Wildman–Crippen LogP) is 3.18. The van der Waals surface area contributed by atoms with Crippen molar-refractivity contribution in [3.05, 3.63) is 35.5 Å². The highest BCUT2D eigenvalue weighted by Gasteiger charge is 2.12. The van der Waals surface area contributed by atoms with E-state index in [4.69, 9.17) is 10.00 Å². The van der Waals surface area contributed by atoms with Crippen LogP contribution in [-0.4, -0.2) is 18.0 Å². The Kier molecular flexibility index (Phi) is 5.97. The van der Waals surface area contributed by atoms with Crippen LogP contribution >= 0.6 is 11.8 Å². The van der Waals surface area contributed by atoms with E-state index in [1.54, 1.807) is 14.0 Å². The summed E-state index contributed by atoms with van der Waals surface area (Å²) in [6, 6.07) is 9.23. The van der Waals surface area contributed by atoms with E-state index in [-0.39, 0.29) is 10.7 Å². The first-order valence-electron chi connectivity index (χ1n) is 5.81. The Bertz CT molecular complexity index is 515. The number of ether oxygens (including phenoxy) is 1. The van der Waals surface area contributed by atoms with Crippen molar-refractivity contribution in [3.63, 3.8) is 0 Å². The van der Waals surface area contributed by atoms with Gasteiger partial charge in [-0.25, -0.2) is 0 Å². The largest absolute Gasteiger partial charge is 0.497 e. The summed E-state index contributed by atoms with van der Waals surface area (Å²) in [7, 11) is 1.60. The number of carbonyl (C=O) groups excluding carboxylic acids is 1. The normalized spacial score (nSPS) is 11.3. The van der Waals surface area contributed by atoms with Gasteiger partial charge < -0.3 is 10.1 Å². The Morgan fingerprint density at radius 3 is 2.53 bits per heavy atom. The molecule has 0 spiro atoms. The second-order valence-corrected chi connectivity index (χ2v) is 4.92. The maximum atomic E-state index is 11.7. The third-order valence-corrected chi connectivity index (χ3v) is 3.14. The molecule has 1 aromatic rings. The molecule has 0 unspecified atom stereocenters.